The van der Waals surface area contributed by atoms with E-state index in [4.69, 9.17) is 10.00 Å². The van der Waals surface area contributed by atoms with Gasteiger partial charge in [0.25, 0.3) is 0 Å². The maximum atomic E-state index is 14.0. The maximum absolute atomic E-state index is 14.0. The minimum atomic E-state index is -0.317. The molecular formula is C19H21FN4O. The predicted octanol–water partition coefficient (Wildman–Crippen LogP) is 3.15. The standard InChI is InChI=1S/C19H21FN4O/c1-13-11-22-14(2)19(23-13)25-17-5-7-24(8-6-17)12-16-4-3-15(10-21)9-18(16)20/h3-4,9,11,17H,5-8,12H2,1-2H3. The van der Waals surface area contributed by atoms with Gasteiger partial charge in [-0.1, -0.05) is 6.07 Å². The van der Waals surface area contributed by atoms with Crippen LogP contribution in [0.1, 0.15) is 35.4 Å². The molecule has 0 saturated carbocycles. The van der Waals surface area contributed by atoms with Crippen LogP contribution in [0, 0.1) is 31.0 Å². The molecule has 1 aliphatic heterocycles. The van der Waals surface area contributed by atoms with E-state index in [1.807, 2.05) is 19.9 Å². The summed E-state index contributed by atoms with van der Waals surface area (Å²) in [6.45, 7) is 6.01. The molecule has 1 fully saturated rings. The number of piperidine rings is 1. The number of hydrogen-bond acceptors (Lipinski definition) is 5. The molecule has 1 aromatic heterocycles. The highest BCUT2D eigenvalue weighted by Crippen LogP contribution is 2.21. The summed E-state index contributed by atoms with van der Waals surface area (Å²) in [5.41, 5.74) is 2.61. The molecule has 0 spiro atoms. The number of nitriles is 1. The fourth-order valence-electron chi connectivity index (χ4n) is 2.96. The molecule has 0 unspecified atom stereocenters. The van der Waals surface area contributed by atoms with E-state index in [0.717, 1.165) is 37.3 Å². The van der Waals surface area contributed by atoms with Gasteiger partial charge in [0.15, 0.2) is 0 Å². The smallest absolute Gasteiger partial charge is 0.235 e. The van der Waals surface area contributed by atoms with Crippen molar-refractivity contribution in [2.45, 2.75) is 39.3 Å². The fourth-order valence-corrected chi connectivity index (χ4v) is 2.96. The molecule has 0 bridgehead atoms. The summed E-state index contributed by atoms with van der Waals surface area (Å²) in [5, 5.41) is 8.81. The van der Waals surface area contributed by atoms with E-state index >= 15 is 0 Å². The van der Waals surface area contributed by atoms with Gasteiger partial charge in [0.2, 0.25) is 5.88 Å². The Hall–Kier alpha value is -2.52. The number of aromatic nitrogens is 2. The van der Waals surface area contributed by atoms with Gasteiger partial charge in [0.05, 0.1) is 23.0 Å². The van der Waals surface area contributed by atoms with Crippen molar-refractivity contribution < 1.29 is 9.13 Å². The van der Waals surface area contributed by atoms with E-state index in [1.165, 1.54) is 6.07 Å². The zero-order valence-corrected chi connectivity index (χ0v) is 14.5. The minimum absolute atomic E-state index is 0.108. The van der Waals surface area contributed by atoms with E-state index in [-0.39, 0.29) is 11.9 Å². The molecule has 0 atom stereocenters. The van der Waals surface area contributed by atoms with Crippen LogP contribution in [0.25, 0.3) is 0 Å². The second-order valence-electron chi connectivity index (χ2n) is 6.41. The molecule has 6 heteroatoms. The first kappa shape index (κ1) is 17.3. The lowest BCUT2D eigenvalue weighted by Gasteiger charge is -2.32. The number of ether oxygens (including phenoxy) is 1. The van der Waals surface area contributed by atoms with Gasteiger partial charge in [-0.25, -0.2) is 9.37 Å². The Balaban J connectivity index is 1.55. The summed E-state index contributed by atoms with van der Waals surface area (Å²) in [7, 11) is 0. The number of benzene rings is 1. The van der Waals surface area contributed by atoms with E-state index < -0.39 is 0 Å². The summed E-state index contributed by atoms with van der Waals surface area (Å²) >= 11 is 0. The van der Waals surface area contributed by atoms with Crippen molar-refractivity contribution in [3.8, 4) is 11.9 Å². The van der Waals surface area contributed by atoms with Crippen molar-refractivity contribution in [1.82, 2.24) is 14.9 Å². The van der Waals surface area contributed by atoms with Gasteiger partial charge >= 0.3 is 0 Å². The SMILES string of the molecule is Cc1cnc(C)c(OC2CCN(Cc3ccc(C#N)cc3F)CC2)n1. The van der Waals surface area contributed by atoms with Crippen molar-refractivity contribution in [3.63, 3.8) is 0 Å². The number of nitrogens with zero attached hydrogens (tertiary/aromatic N) is 4. The number of rotatable bonds is 4. The lowest BCUT2D eigenvalue weighted by Crippen LogP contribution is -2.38. The zero-order chi connectivity index (χ0) is 17.8. The molecule has 3 rings (SSSR count). The summed E-state index contributed by atoms with van der Waals surface area (Å²) in [5.74, 6) is 0.291. The van der Waals surface area contributed by atoms with E-state index in [1.54, 1.807) is 18.3 Å². The van der Waals surface area contributed by atoms with Gasteiger partial charge in [-0.3, -0.25) is 9.88 Å². The second kappa shape index (κ2) is 7.58. The number of hydrogen-bond donors (Lipinski definition) is 0. The van der Waals surface area contributed by atoms with Crippen LogP contribution < -0.4 is 4.74 Å². The molecule has 130 valence electrons. The van der Waals surface area contributed by atoms with Crippen molar-refractivity contribution in [1.29, 1.82) is 5.26 Å². The molecule has 2 heterocycles. The molecule has 2 aromatic rings. The summed E-state index contributed by atoms with van der Waals surface area (Å²) in [4.78, 5) is 10.9. The third-order valence-corrected chi connectivity index (χ3v) is 4.42. The Kier molecular flexibility index (Phi) is 5.25. The molecule has 0 radical (unpaired) electrons. The normalized spacial score (nSPS) is 15.8. The lowest BCUT2D eigenvalue weighted by atomic mass is 10.1. The Morgan fingerprint density at radius 2 is 2.08 bits per heavy atom. The highest BCUT2D eigenvalue weighted by molar-refractivity contribution is 5.32. The van der Waals surface area contributed by atoms with Gasteiger partial charge in [-0.05, 0) is 38.8 Å². The lowest BCUT2D eigenvalue weighted by molar-refractivity contribution is 0.0915. The van der Waals surface area contributed by atoms with Gasteiger partial charge in [0.1, 0.15) is 11.9 Å². The van der Waals surface area contributed by atoms with E-state index in [2.05, 4.69) is 14.9 Å². The van der Waals surface area contributed by atoms with Crippen LogP contribution >= 0.6 is 0 Å². The van der Waals surface area contributed by atoms with Crippen LogP contribution in [0.3, 0.4) is 0 Å². The third-order valence-electron chi connectivity index (χ3n) is 4.42. The quantitative estimate of drug-likeness (QED) is 0.855. The third kappa shape index (κ3) is 4.31. The van der Waals surface area contributed by atoms with Crippen molar-refractivity contribution in [2.75, 3.05) is 13.1 Å². The first-order chi connectivity index (χ1) is 12.0. The summed E-state index contributed by atoms with van der Waals surface area (Å²) in [6, 6.07) is 6.61. The average molecular weight is 340 g/mol. The van der Waals surface area contributed by atoms with Crippen LogP contribution in [-0.2, 0) is 6.54 Å². The molecule has 1 aliphatic rings. The molecular weight excluding hydrogens is 319 g/mol. The van der Waals surface area contributed by atoms with Crippen molar-refractivity contribution in [2.24, 2.45) is 0 Å². The summed E-state index contributed by atoms with van der Waals surface area (Å²) in [6.07, 6.45) is 3.58. The molecule has 25 heavy (non-hydrogen) atoms. The van der Waals surface area contributed by atoms with E-state index in [9.17, 15) is 4.39 Å². The first-order valence-electron chi connectivity index (χ1n) is 8.43. The number of halogens is 1. The maximum Gasteiger partial charge on any atom is 0.235 e. The average Bonchev–Trinajstić information content (AvgIpc) is 2.61. The van der Waals surface area contributed by atoms with Crippen molar-refractivity contribution in [3.05, 3.63) is 52.7 Å². The Morgan fingerprint density at radius 1 is 1.32 bits per heavy atom. The predicted molar refractivity (Wildman–Crippen MR) is 91.5 cm³/mol. The zero-order valence-electron chi connectivity index (χ0n) is 14.5. The first-order valence-corrected chi connectivity index (χ1v) is 8.43. The van der Waals surface area contributed by atoms with Crippen LogP contribution in [0.4, 0.5) is 4.39 Å². The monoisotopic (exact) mass is 340 g/mol. The largest absolute Gasteiger partial charge is 0.473 e. The van der Waals surface area contributed by atoms with Gasteiger partial charge < -0.3 is 4.74 Å². The molecule has 5 nitrogen and oxygen atoms in total. The second-order valence-corrected chi connectivity index (χ2v) is 6.41. The van der Waals surface area contributed by atoms with Gasteiger partial charge in [0, 0.05) is 31.4 Å². The highest BCUT2D eigenvalue weighted by atomic mass is 19.1. The Morgan fingerprint density at radius 3 is 2.76 bits per heavy atom. The molecule has 1 aromatic carbocycles. The molecule has 0 aliphatic carbocycles. The summed E-state index contributed by atoms with van der Waals surface area (Å²) < 4.78 is 20.0. The Labute approximate surface area is 147 Å². The Bertz CT molecular complexity index is 794. The molecule has 1 saturated heterocycles. The van der Waals surface area contributed by atoms with Crippen LogP contribution in [-0.4, -0.2) is 34.1 Å². The van der Waals surface area contributed by atoms with Crippen LogP contribution in [0.2, 0.25) is 0 Å². The van der Waals surface area contributed by atoms with Gasteiger partial charge in [-0.15, -0.1) is 0 Å². The van der Waals surface area contributed by atoms with E-state index in [0.29, 0.717) is 23.6 Å². The topological polar surface area (TPSA) is 62.0 Å². The number of likely N-dealkylation sites (tertiary alicyclic amines) is 1. The minimum Gasteiger partial charge on any atom is -0.473 e. The van der Waals surface area contributed by atoms with Gasteiger partial charge in [-0.2, -0.15) is 5.26 Å². The fraction of sp³-hybridized carbons (Fsp3) is 0.421. The van der Waals surface area contributed by atoms with Crippen LogP contribution in [0.5, 0.6) is 5.88 Å². The number of aryl methyl sites for hydroxylation is 2. The van der Waals surface area contributed by atoms with Crippen molar-refractivity contribution >= 4 is 0 Å². The molecule has 0 amide bonds. The van der Waals surface area contributed by atoms with Crippen LogP contribution in [0.15, 0.2) is 24.4 Å². The molecule has 0 N–H and O–H groups in total. The highest BCUT2D eigenvalue weighted by Gasteiger charge is 2.22.